The summed E-state index contributed by atoms with van der Waals surface area (Å²) in [6.45, 7) is 4.49. The fourth-order valence-corrected chi connectivity index (χ4v) is 3.97. The molecule has 8 nitrogen and oxygen atoms in total. The van der Waals surface area contributed by atoms with E-state index in [0.717, 1.165) is 12.8 Å². The molecule has 3 heterocycles. The number of carbonyl (C=O) groups excluding carboxylic acids is 2. The van der Waals surface area contributed by atoms with Gasteiger partial charge in [-0.1, -0.05) is 13.3 Å². The van der Waals surface area contributed by atoms with Crippen molar-refractivity contribution in [1.29, 1.82) is 0 Å². The Balaban J connectivity index is 1.39. The molecule has 1 saturated heterocycles. The van der Waals surface area contributed by atoms with Crippen LogP contribution in [-0.4, -0.2) is 52.7 Å². The second-order valence-electron chi connectivity index (χ2n) is 7.92. The van der Waals surface area contributed by atoms with Gasteiger partial charge in [0, 0.05) is 37.2 Å². The van der Waals surface area contributed by atoms with Crippen LogP contribution in [0.4, 0.5) is 0 Å². The Kier molecular flexibility index (Phi) is 6.34. The molecule has 0 saturated carbocycles. The minimum Gasteiger partial charge on any atom is -0.486 e. The first-order valence-electron chi connectivity index (χ1n) is 10.9. The summed E-state index contributed by atoms with van der Waals surface area (Å²) in [6, 6.07) is 8.18. The maximum absolute atomic E-state index is 13.0. The van der Waals surface area contributed by atoms with Crippen molar-refractivity contribution in [2.75, 3.05) is 26.3 Å². The van der Waals surface area contributed by atoms with Gasteiger partial charge in [-0.3, -0.25) is 14.4 Å². The molecule has 1 aromatic carbocycles. The molecule has 4 rings (SSSR count). The number of ether oxygens (including phenoxy) is 2. The summed E-state index contributed by atoms with van der Waals surface area (Å²) in [5.74, 6) is 0.994. The fourth-order valence-electron chi connectivity index (χ4n) is 3.97. The van der Waals surface area contributed by atoms with Crippen LogP contribution >= 0.6 is 0 Å². The molecule has 1 amide bonds. The van der Waals surface area contributed by atoms with E-state index in [4.69, 9.17) is 9.47 Å². The van der Waals surface area contributed by atoms with Gasteiger partial charge in [0.25, 0.3) is 11.5 Å². The molecule has 1 fully saturated rings. The van der Waals surface area contributed by atoms with Crippen LogP contribution in [-0.2, 0) is 6.54 Å². The van der Waals surface area contributed by atoms with Crippen molar-refractivity contribution in [2.45, 2.75) is 39.2 Å². The highest BCUT2D eigenvalue weighted by atomic mass is 16.6. The van der Waals surface area contributed by atoms with Crippen molar-refractivity contribution in [3.8, 4) is 11.5 Å². The van der Waals surface area contributed by atoms with Crippen LogP contribution in [0.2, 0.25) is 0 Å². The third-order valence-corrected chi connectivity index (χ3v) is 5.79. The minimum absolute atomic E-state index is 0.0651. The second-order valence-corrected chi connectivity index (χ2v) is 7.92. The molecule has 0 atom stereocenters. The summed E-state index contributed by atoms with van der Waals surface area (Å²) >= 11 is 0. The number of unbranched alkanes of at least 4 members (excludes halogenated alkanes) is 1. The Labute approximate surface area is 180 Å². The number of likely N-dealkylation sites (tertiary alicyclic amines) is 1. The average Bonchev–Trinajstić information content (AvgIpc) is 2.82. The highest BCUT2D eigenvalue weighted by Crippen LogP contribution is 2.32. The molecule has 1 aromatic heterocycles. The number of nitrogens with zero attached hydrogens (tertiary/aromatic N) is 3. The minimum atomic E-state index is -0.200. The molecule has 0 bridgehead atoms. The first-order chi connectivity index (χ1) is 15.1. The number of fused-ring (bicyclic) bond motifs is 1. The van der Waals surface area contributed by atoms with E-state index in [1.54, 1.807) is 23.1 Å². The largest absolute Gasteiger partial charge is 0.486 e. The number of rotatable bonds is 6. The van der Waals surface area contributed by atoms with E-state index < -0.39 is 0 Å². The Morgan fingerprint density at radius 1 is 1.06 bits per heavy atom. The molecule has 0 unspecified atom stereocenters. The van der Waals surface area contributed by atoms with Gasteiger partial charge in [-0.15, -0.1) is 0 Å². The number of aryl methyl sites for hydroxylation is 1. The maximum atomic E-state index is 13.0. The lowest BCUT2D eigenvalue weighted by molar-refractivity contribution is 0.0643. The van der Waals surface area contributed by atoms with E-state index in [1.165, 1.54) is 16.8 Å². The normalized spacial score (nSPS) is 16.2. The number of carbonyl (C=O) groups is 2. The van der Waals surface area contributed by atoms with Gasteiger partial charge in [-0.25, -0.2) is 4.68 Å². The van der Waals surface area contributed by atoms with Crippen LogP contribution in [0.5, 0.6) is 11.5 Å². The molecule has 0 aliphatic carbocycles. The van der Waals surface area contributed by atoms with Gasteiger partial charge >= 0.3 is 0 Å². The molecule has 0 radical (unpaired) electrons. The SMILES string of the molecule is CCCCn1nc(C(=O)N2CCC(C(=O)c3ccc4c(c3)OCCO4)CC2)ccc1=O. The van der Waals surface area contributed by atoms with Gasteiger partial charge in [-0.05, 0) is 43.5 Å². The molecule has 164 valence electrons. The Bertz CT molecular complexity index is 1020. The number of ketones is 1. The quantitative estimate of drug-likeness (QED) is 0.661. The Morgan fingerprint density at radius 2 is 1.81 bits per heavy atom. The van der Waals surface area contributed by atoms with Crippen molar-refractivity contribution in [1.82, 2.24) is 14.7 Å². The maximum Gasteiger partial charge on any atom is 0.274 e. The standard InChI is InChI=1S/C23H27N3O5/c1-2-3-10-26-21(27)7-5-18(24-26)23(29)25-11-8-16(9-12-25)22(28)17-4-6-19-20(15-17)31-14-13-30-19/h4-7,15-16H,2-3,8-14H2,1H3. The van der Waals surface area contributed by atoms with Crippen LogP contribution in [0, 0.1) is 5.92 Å². The van der Waals surface area contributed by atoms with Crippen molar-refractivity contribution in [2.24, 2.45) is 5.92 Å². The van der Waals surface area contributed by atoms with Crippen molar-refractivity contribution in [3.63, 3.8) is 0 Å². The zero-order chi connectivity index (χ0) is 21.8. The summed E-state index contributed by atoms with van der Waals surface area (Å²) in [4.78, 5) is 39.5. The number of aromatic nitrogens is 2. The van der Waals surface area contributed by atoms with E-state index in [9.17, 15) is 14.4 Å². The molecule has 31 heavy (non-hydrogen) atoms. The van der Waals surface area contributed by atoms with E-state index in [0.29, 0.717) is 62.8 Å². The predicted octanol–water partition coefficient (Wildman–Crippen LogP) is 2.55. The third kappa shape index (κ3) is 4.62. The van der Waals surface area contributed by atoms with Crippen LogP contribution in [0.1, 0.15) is 53.5 Å². The van der Waals surface area contributed by atoms with Crippen LogP contribution < -0.4 is 15.0 Å². The van der Waals surface area contributed by atoms with Gasteiger partial charge in [0.05, 0.1) is 0 Å². The van der Waals surface area contributed by atoms with Gasteiger partial charge in [-0.2, -0.15) is 5.10 Å². The van der Waals surface area contributed by atoms with Crippen LogP contribution in [0.3, 0.4) is 0 Å². The number of benzene rings is 1. The summed E-state index contributed by atoms with van der Waals surface area (Å²) in [6.07, 6.45) is 2.96. The van der Waals surface area contributed by atoms with Crippen LogP contribution in [0.25, 0.3) is 0 Å². The van der Waals surface area contributed by atoms with Gasteiger partial charge in [0.1, 0.15) is 18.9 Å². The van der Waals surface area contributed by atoms with E-state index in [-0.39, 0.29) is 28.9 Å². The zero-order valence-electron chi connectivity index (χ0n) is 17.7. The van der Waals surface area contributed by atoms with Crippen molar-refractivity contribution in [3.05, 3.63) is 51.9 Å². The monoisotopic (exact) mass is 425 g/mol. The van der Waals surface area contributed by atoms with Crippen molar-refractivity contribution >= 4 is 11.7 Å². The van der Waals surface area contributed by atoms with Crippen LogP contribution in [0.15, 0.2) is 35.1 Å². The smallest absolute Gasteiger partial charge is 0.274 e. The molecule has 0 spiro atoms. The topological polar surface area (TPSA) is 90.7 Å². The fraction of sp³-hybridized carbons (Fsp3) is 0.478. The Hall–Kier alpha value is -3.16. The molecule has 2 aromatic rings. The highest BCUT2D eigenvalue weighted by Gasteiger charge is 2.29. The first kappa shape index (κ1) is 21.1. The van der Waals surface area contributed by atoms with E-state index in [1.807, 2.05) is 6.92 Å². The molecule has 2 aliphatic rings. The number of Topliss-reactive ketones (excluding diaryl/α,β-unsaturated/α-hetero) is 1. The molecule has 0 N–H and O–H groups in total. The van der Waals surface area contributed by atoms with Crippen molar-refractivity contribution < 1.29 is 19.1 Å². The number of amides is 1. The second kappa shape index (κ2) is 9.32. The Morgan fingerprint density at radius 3 is 2.55 bits per heavy atom. The van der Waals surface area contributed by atoms with Gasteiger partial charge < -0.3 is 14.4 Å². The molecule has 8 heteroatoms. The summed E-state index contributed by atoms with van der Waals surface area (Å²) < 4.78 is 12.5. The summed E-state index contributed by atoms with van der Waals surface area (Å²) in [5.41, 5.74) is 0.680. The number of hydrogen-bond acceptors (Lipinski definition) is 6. The molecule has 2 aliphatic heterocycles. The predicted molar refractivity (Wildman–Crippen MR) is 114 cm³/mol. The van der Waals surface area contributed by atoms with E-state index >= 15 is 0 Å². The zero-order valence-corrected chi connectivity index (χ0v) is 17.7. The lowest BCUT2D eigenvalue weighted by Crippen LogP contribution is -2.41. The number of piperidine rings is 1. The lowest BCUT2D eigenvalue weighted by Gasteiger charge is -2.31. The average molecular weight is 425 g/mol. The third-order valence-electron chi connectivity index (χ3n) is 5.79. The lowest BCUT2D eigenvalue weighted by atomic mass is 9.88. The summed E-state index contributed by atoms with van der Waals surface area (Å²) in [5, 5.41) is 4.25. The first-order valence-corrected chi connectivity index (χ1v) is 10.9. The summed E-state index contributed by atoms with van der Waals surface area (Å²) in [7, 11) is 0. The van der Waals surface area contributed by atoms with Gasteiger partial charge in [0.2, 0.25) is 0 Å². The van der Waals surface area contributed by atoms with E-state index in [2.05, 4.69) is 5.10 Å². The molecular formula is C23H27N3O5. The molecular weight excluding hydrogens is 398 g/mol. The number of hydrogen-bond donors (Lipinski definition) is 0. The van der Waals surface area contributed by atoms with Gasteiger partial charge in [0.15, 0.2) is 17.3 Å². The highest BCUT2D eigenvalue weighted by molar-refractivity contribution is 5.99.